The normalized spacial score (nSPS) is 24.8. The van der Waals surface area contributed by atoms with Gasteiger partial charge in [-0.3, -0.25) is 14.5 Å². The van der Waals surface area contributed by atoms with Gasteiger partial charge in [-0.2, -0.15) is 0 Å². The van der Waals surface area contributed by atoms with E-state index in [1.165, 1.54) is 12.8 Å². The smallest absolute Gasteiger partial charge is 0.253 e. The van der Waals surface area contributed by atoms with Crippen LogP contribution in [0.25, 0.3) is 0 Å². The van der Waals surface area contributed by atoms with Gasteiger partial charge in [-0.05, 0) is 31.9 Å². The molecule has 1 aliphatic heterocycles. The fraction of sp³-hybridized carbons (Fsp3) is 0.611. The highest BCUT2D eigenvalue weighted by atomic mass is 16.5. The summed E-state index contributed by atoms with van der Waals surface area (Å²) in [6.45, 7) is 3.49. The highest BCUT2D eigenvalue weighted by Crippen LogP contribution is 2.22. The number of ether oxygens (including phenoxy) is 1. The molecule has 1 saturated heterocycles. The summed E-state index contributed by atoms with van der Waals surface area (Å²) in [6.07, 6.45) is 6.05. The van der Waals surface area contributed by atoms with E-state index in [2.05, 4.69) is 15.6 Å². The van der Waals surface area contributed by atoms with Gasteiger partial charge in [0.05, 0.1) is 13.2 Å². The molecule has 3 rings (SSSR count). The van der Waals surface area contributed by atoms with Crippen molar-refractivity contribution < 1.29 is 14.3 Å². The van der Waals surface area contributed by atoms with Crippen molar-refractivity contribution in [2.45, 2.75) is 44.2 Å². The predicted molar refractivity (Wildman–Crippen MR) is 94.1 cm³/mol. The molecule has 0 radical (unpaired) electrons. The van der Waals surface area contributed by atoms with E-state index < -0.39 is 5.60 Å². The van der Waals surface area contributed by atoms with Crippen molar-refractivity contribution >= 4 is 17.6 Å². The molecule has 2 amide bonds. The summed E-state index contributed by atoms with van der Waals surface area (Å²) in [4.78, 5) is 30.9. The van der Waals surface area contributed by atoms with Gasteiger partial charge in [0.1, 0.15) is 5.82 Å². The van der Waals surface area contributed by atoms with E-state index in [1.807, 2.05) is 11.0 Å². The van der Waals surface area contributed by atoms with Crippen LogP contribution >= 0.6 is 0 Å². The molecule has 0 aromatic carbocycles. The average molecular weight is 346 g/mol. The minimum absolute atomic E-state index is 0.0748. The van der Waals surface area contributed by atoms with E-state index in [0.717, 1.165) is 12.8 Å². The lowest BCUT2D eigenvalue weighted by atomic mass is 10.0. The molecule has 1 saturated carbocycles. The zero-order valence-corrected chi connectivity index (χ0v) is 14.7. The van der Waals surface area contributed by atoms with Crippen LogP contribution in [0.1, 0.15) is 32.6 Å². The van der Waals surface area contributed by atoms with E-state index in [4.69, 9.17) is 4.74 Å². The van der Waals surface area contributed by atoms with Gasteiger partial charge < -0.3 is 15.4 Å². The van der Waals surface area contributed by atoms with Crippen LogP contribution in [0.5, 0.6) is 0 Å². The number of morpholine rings is 1. The molecule has 2 aliphatic rings. The van der Waals surface area contributed by atoms with Crippen molar-refractivity contribution in [2.24, 2.45) is 0 Å². The van der Waals surface area contributed by atoms with Crippen LogP contribution in [0.3, 0.4) is 0 Å². The third kappa shape index (κ3) is 4.76. The Bertz CT molecular complexity index is 604. The molecule has 0 spiro atoms. The van der Waals surface area contributed by atoms with Crippen molar-refractivity contribution in [3.05, 3.63) is 24.4 Å². The summed E-state index contributed by atoms with van der Waals surface area (Å²) in [5, 5.41) is 5.87. The Labute approximate surface area is 148 Å². The second kappa shape index (κ2) is 7.93. The number of nitrogens with one attached hydrogen (secondary N) is 2. The maximum Gasteiger partial charge on any atom is 0.253 e. The van der Waals surface area contributed by atoms with Gasteiger partial charge in [0.25, 0.3) is 5.91 Å². The van der Waals surface area contributed by atoms with Crippen LogP contribution in [0, 0.1) is 0 Å². The molecule has 1 aromatic heterocycles. The summed E-state index contributed by atoms with van der Waals surface area (Å²) in [5.41, 5.74) is -0.911. The summed E-state index contributed by atoms with van der Waals surface area (Å²) in [6, 6.07) is 5.63. The molecule has 0 bridgehead atoms. The summed E-state index contributed by atoms with van der Waals surface area (Å²) < 4.78 is 5.77. The first-order valence-corrected chi connectivity index (χ1v) is 8.93. The minimum Gasteiger partial charge on any atom is -0.363 e. The lowest BCUT2D eigenvalue weighted by molar-refractivity contribution is -0.158. The highest BCUT2D eigenvalue weighted by Gasteiger charge is 2.40. The molecule has 136 valence electrons. The average Bonchev–Trinajstić information content (AvgIpc) is 3.08. The van der Waals surface area contributed by atoms with Gasteiger partial charge in [-0.1, -0.05) is 18.9 Å². The van der Waals surface area contributed by atoms with Crippen molar-refractivity contribution in [2.75, 3.05) is 31.6 Å². The van der Waals surface area contributed by atoms with Crippen LogP contribution in [-0.2, 0) is 14.3 Å². The zero-order valence-electron chi connectivity index (χ0n) is 14.7. The Morgan fingerprint density at radius 3 is 2.88 bits per heavy atom. The second-order valence-corrected chi connectivity index (χ2v) is 7.01. The largest absolute Gasteiger partial charge is 0.363 e. The van der Waals surface area contributed by atoms with Gasteiger partial charge >= 0.3 is 0 Å². The number of aromatic nitrogens is 1. The maximum absolute atomic E-state index is 12.6. The summed E-state index contributed by atoms with van der Waals surface area (Å²) in [7, 11) is 0. The Morgan fingerprint density at radius 1 is 1.36 bits per heavy atom. The number of carbonyl (C=O) groups excluding carboxylic acids is 2. The molecular weight excluding hydrogens is 320 g/mol. The van der Waals surface area contributed by atoms with Crippen LogP contribution in [0.15, 0.2) is 24.4 Å². The molecule has 2 N–H and O–H groups in total. The number of carbonyl (C=O) groups is 2. The van der Waals surface area contributed by atoms with Crippen LogP contribution < -0.4 is 10.6 Å². The predicted octanol–water partition coefficient (Wildman–Crippen LogP) is 1.17. The first-order valence-electron chi connectivity index (χ1n) is 8.93. The third-order valence-electron chi connectivity index (χ3n) is 4.82. The number of amides is 2. The van der Waals surface area contributed by atoms with Crippen molar-refractivity contribution in [3.63, 3.8) is 0 Å². The van der Waals surface area contributed by atoms with Crippen molar-refractivity contribution in [1.82, 2.24) is 15.2 Å². The number of rotatable bonds is 5. The molecule has 0 unspecified atom stereocenters. The number of nitrogens with zero attached hydrogens (tertiary/aromatic N) is 2. The van der Waals surface area contributed by atoms with E-state index >= 15 is 0 Å². The van der Waals surface area contributed by atoms with E-state index in [0.29, 0.717) is 25.5 Å². The van der Waals surface area contributed by atoms with Crippen molar-refractivity contribution in [3.8, 4) is 0 Å². The van der Waals surface area contributed by atoms with Gasteiger partial charge in [-0.25, -0.2) is 4.98 Å². The molecule has 25 heavy (non-hydrogen) atoms. The first kappa shape index (κ1) is 17.8. The summed E-state index contributed by atoms with van der Waals surface area (Å²) in [5.74, 6) is 0.316. The van der Waals surface area contributed by atoms with E-state index in [-0.39, 0.29) is 24.4 Å². The van der Waals surface area contributed by atoms with E-state index in [1.54, 1.807) is 25.3 Å². The van der Waals surface area contributed by atoms with Crippen LogP contribution in [0.4, 0.5) is 5.82 Å². The standard InChI is InChI=1S/C18H26N4O3/c1-18(17(24)20-14-6-2-3-7-14)13-22(10-11-25-18)12-16(23)21-15-8-4-5-9-19-15/h4-5,8-9,14H,2-3,6-7,10-13H2,1H3,(H,20,24)(H,19,21,23)/t18-/m0/s1. The number of hydrogen-bond acceptors (Lipinski definition) is 5. The lowest BCUT2D eigenvalue weighted by Crippen LogP contribution is -2.60. The SMILES string of the molecule is C[C@@]1(C(=O)NC2CCCC2)CN(CC(=O)Nc2ccccn2)CCO1. The van der Waals surface area contributed by atoms with Gasteiger partial charge in [-0.15, -0.1) is 0 Å². The van der Waals surface area contributed by atoms with E-state index in [9.17, 15) is 9.59 Å². The zero-order chi connectivity index (χ0) is 17.7. The molecule has 1 aliphatic carbocycles. The Morgan fingerprint density at radius 2 is 2.16 bits per heavy atom. The fourth-order valence-electron chi connectivity index (χ4n) is 3.45. The number of pyridine rings is 1. The Hall–Kier alpha value is -1.99. The van der Waals surface area contributed by atoms with Crippen LogP contribution in [0.2, 0.25) is 0 Å². The van der Waals surface area contributed by atoms with Gasteiger partial charge in [0.15, 0.2) is 5.60 Å². The molecule has 1 aromatic rings. The monoisotopic (exact) mass is 346 g/mol. The molecule has 7 heteroatoms. The summed E-state index contributed by atoms with van der Waals surface area (Å²) >= 11 is 0. The second-order valence-electron chi connectivity index (χ2n) is 7.01. The Kier molecular flexibility index (Phi) is 5.65. The van der Waals surface area contributed by atoms with Crippen molar-refractivity contribution in [1.29, 1.82) is 0 Å². The minimum atomic E-state index is -0.911. The van der Waals surface area contributed by atoms with Gasteiger partial charge in [0, 0.05) is 25.3 Å². The number of anilines is 1. The van der Waals surface area contributed by atoms with Crippen LogP contribution in [-0.4, -0.2) is 59.6 Å². The topological polar surface area (TPSA) is 83.6 Å². The highest BCUT2D eigenvalue weighted by molar-refractivity contribution is 5.91. The quantitative estimate of drug-likeness (QED) is 0.836. The third-order valence-corrected chi connectivity index (χ3v) is 4.82. The molecule has 1 atom stereocenters. The van der Waals surface area contributed by atoms with Gasteiger partial charge in [0.2, 0.25) is 5.91 Å². The number of hydrogen-bond donors (Lipinski definition) is 2. The fourth-order valence-corrected chi connectivity index (χ4v) is 3.45. The maximum atomic E-state index is 12.6. The Balaban J connectivity index is 1.52. The molecular formula is C18H26N4O3. The molecule has 2 fully saturated rings. The first-order chi connectivity index (χ1) is 12.0. The molecule has 7 nitrogen and oxygen atoms in total. The lowest BCUT2D eigenvalue weighted by Gasteiger charge is -2.39. The molecule has 2 heterocycles.